The maximum atomic E-state index is 14.4. The van der Waals surface area contributed by atoms with Crippen molar-refractivity contribution < 1.29 is 18.7 Å². The van der Waals surface area contributed by atoms with Gasteiger partial charge in [-0.2, -0.15) is 0 Å². The fraction of sp³-hybridized carbons (Fsp3) is 0.611. The summed E-state index contributed by atoms with van der Waals surface area (Å²) in [7, 11) is 1.54. The number of carbonyl (C=O) groups excluding carboxylic acids is 1. The Bertz CT molecular complexity index is 615. The molecule has 0 unspecified atom stereocenters. The van der Waals surface area contributed by atoms with Gasteiger partial charge in [0.1, 0.15) is 11.6 Å². The predicted molar refractivity (Wildman–Crippen MR) is 96.1 cm³/mol. The molecule has 0 aromatic heterocycles. The molecule has 0 N–H and O–H groups in total. The van der Waals surface area contributed by atoms with Crippen molar-refractivity contribution >= 4 is 17.7 Å². The highest BCUT2D eigenvalue weighted by Crippen LogP contribution is 2.31. The topological polar surface area (TPSA) is 42.0 Å². The average Bonchev–Trinajstić information content (AvgIpc) is 2.68. The van der Waals surface area contributed by atoms with Crippen LogP contribution in [0, 0.1) is 5.82 Å². The van der Waals surface area contributed by atoms with Gasteiger partial charge in [0.15, 0.2) is 0 Å². The van der Waals surface area contributed by atoms with Gasteiger partial charge in [-0.1, -0.05) is 0 Å². The highest BCUT2D eigenvalue weighted by molar-refractivity contribution is 7.98. The number of rotatable bonds is 4. The first kappa shape index (κ1) is 18.5. The summed E-state index contributed by atoms with van der Waals surface area (Å²) < 4.78 is 25.1. The van der Waals surface area contributed by atoms with Crippen LogP contribution in [-0.4, -0.2) is 74.5 Å². The molecule has 2 fully saturated rings. The molecule has 2 heterocycles. The summed E-state index contributed by atoms with van der Waals surface area (Å²) in [5.41, 5.74) is 0.0967. The van der Waals surface area contributed by atoms with Crippen molar-refractivity contribution in [3.8, 4) is 5.75 Å². The number of benzene rings is 1. The van der Waals surface area contributed by atoms with Gasteiger partial charge in [0.2, 0.25) is 0 Å². The molecule has 0 saturated carbocycles. The third kappa shape index (κ3) is 4.10. The minimum absolute atomic E-state index is 0.0967. The van der Waals surface area contributed by atoms with E-state index in [2.05, 4.69) is 4.90 Å². The molecule has 0 aliphatic carbocycles. The lowest BCUT2D eigenvalue weighted by Gasteiger charge is -2.40. The number of ether oxygens (including phenoxy) is 2. The number of carbonyl (C=O) groups is 1. The average molecular weight is 368 g/mol. The van der Waals surface area contributed by atoms with Crippen LogP contribution in [0.25, 0.3) is 0 Å². The number of methoxy groups -OCH3 is 1. The monoisotopic (exact) mass is 368 g/mol. The van der Waals surface area contributed by atoms with Crippen LogP contribution in [0.3, 0.4) is 0 Å². The highest BCUT2D eigenvalue weighted by atomic mass is 32.2. The van der Waals surface area contributed by atoms with Gasteiger partial charge in [-0.15, -0.1) is 11.8 Å². The van der Waals surface area contributed by atoms with Crippen LogP contribution in [0.4, 0.5) is 4.39 Å². The smallest absolute Gasteiger partial charge is 0.256 e. The summed E-state index contributed by atoms with van der Waals surface area (Å²) in [5, 5.41) is 0. The zero-order valence-electron chi connectivity index (χ0n) is 14.8. The van der Waals surface area contributed by atoms with Gasteiger partial charge >= 0.3 is 0 Å². The van der Waals surface area contributed by atoms with Crippen LogP contribution >= 0.6 is 11.8 Å². The van der Waals surface area contributed by atoms with Crippen molar-refractivity contribution in [1.29, 1.82) is 0 Å². The molecule has 0 spiro atoms. The number of nitrogens with zero attached hydrogens (tertiary/aromatic N) is 2. The van der Waals surface area contributed by atoms with Crippen molar-refractivity contribution in [1.82, 2.24) is 9.80 Å². The van der Waals surface area contributed by atoms with Crippen LogP contribution in [0.1, 0.15) is 23.2 Å². The van der Waals surface area contributed by atoms with Gasteiger partial charge in [-0.05, 0) is 31.2 Å². The lowest BCUT2D eigenvalue weighted by Crippen LogP contribution is -2.50. The van der Waals surface area contributed by atoms with E-state index in [1.54, 1.807) is 4.90 Å². The molecule has 138 valence electrons. The minimum Gasteiger partial charge on any atom is -0.496 e. The number of piperidine rings is 1. The minimum atomic E-state index is -0.481. The lowest BCUT2D eigenvalue weighted by atomic mass is 10.0. The molecule has 0 atom stereocenters. The molecule has 2 aliphatic rings. The van der Waals surface area contributed by atoms with Crippen molar-refractivity contribution in [2.45, 2.75) is 23.8 Å². The van der Waals surface area contributed by atoms with Gasteiger partial charge < -0.3 is 14.4 Å². The van der Waals surface area contributed by atoms with Crippen molar-refractivity contribution in [3.05, 3.63) is 23.5 Å². The number of hydrogen-bond donors (Lipinski definition) is 0. The van der Waals surface area contributed by atoms with Gasteiger partial charge in [0.05, 0.1) is 30.8 Å². The number of hydrogen-bond acceptors (Lipinski definition) is 5. The van der Waals surface area contributed by atoms with E-state index in [1.165, 1.54) is 31.0 Å². The molecule has 1 aromatic rings. The third-order valence-corrected chi connectivity index (χ3v) is 5.78. The predicted octanol–water partition coefficient (Wildman–Crippen LogP) is 2.49. The first-order chi connectivity index (χ1) is 12.1. The van der Waals surface area contributed by atoms with Gasteiger partial charge in [0.25, 0.3) is 5.91 Å². The second kappa shape index (κ2) is 8.38. The molecule has 1 amide bonds. The largest absolute Gasteiger partial charge is 0.496 e. The Morgan fingerprint density at radius 2 is 1.92 bits per heavy atom. The maximum Gasteiger partial charge on any atom is 0.256 e. The standard InChI is InChI=1S/C18H25FN2O3S/c1-23-16-11-14(15(19)12-17(16)25-2)18(22)21-5-3-13(4-6-21)20-7-9-24-10-8-20/h11-13H,3-10H2,1-2H3. The van der Waals surface area contributed by atoms with Crippen molar-refractivity contribution in [2.24, 2.45) is 0 Å². The SMILES string of the molecule is COc1cc(C(=O)N2CCC(N3CCOCC3)CC2)c(F)cc1SC. The molecule has 2 aliphatic heterocycles. The van der Waals surface area contributed by atoms with Crippen LogP contribution < -0.4 is 4.74 Å². The van der Waals surface area contributed by atoms with Gasteiger partial charge in [0, 0.05) is 32.2 Å². The Hall–Kier alpha value is -1.31. The Morgan fingerprint density at radius 1 is 1.24 bits per heavy atom. The second-order valence-corrected chi connectivity index (χ2v) is 7.21. The van der Waals surface area contributed by atoms with Gasteiger partial charge in [-0.25, -0.2) is 4.39 Å². The Kier molecular flexibility index (Phi) is 6.19. The van der Waals surface area contributed by atoms with E-state index in [0.29, 0.717) is 29.8 Å². The number of amides is 1. The van der Waals surface area contributed by atoms with E-state index < -0.39 is 5.82 Å². The Labute approximate surface area is 152 Å². The Morgan fingerprint density at radius 3 is 2.52 bits per heavy atom. The zero-order valence-corrected chi connectivity index (χ0v) is 15.6. The number of halogens is 1. The summed E-state index contributed by atoms with van der Waals surface area (Å²) in [6.45, 7) is 4.80. The molecule has 7 heteroatoms. The van der Waals surface area contributed by atoms with E-state index in [4.69, 9.17) is 9.47 Å². The highest BCUT2D eigenvalue weighted by Gasteiger charge is 2.29. The summed E-state index contributed by atoms with van der Waals surface area (Å²) in [6.07, 6.45) is 3.70. The van der Waals surface area contributed by atoms with Crippen molar-refractivity contribution in [3.63, 3.8) is 0 Å². The number of thioether (sulfide) groups is 1. The van der Waals surface area contributed by atoms with Crippen LogP contribution in [0.15, 0.2) is 17.0 Å². The van der Waals surface area contributed by atoms with Gasteiger partial charge in [-0.3, -0.25) is 9.69 Å². The molecular formula is C18H25FN2O3S. The zero-order chi connectivity index (χ0) is 17.8. The summed E-state index contributed by atoms with van der Waals surface area (Å²) in [6, 6.07) is 3.40. The van der Waals surface area contributed by atoms with E-state index in [-0.39, 0.29) is 11.5 Å². The Balaban J connectivity index is 1.66. The summed E-state index contributed by atoms with van der Waals surface area (Å²) >= 11 is 1.40. The van der Waals surface area contributed by atoms with E-state index >= 15 is 0 Å². The molecule has 0 bridgehead atoms. The van der Waals surface area contributed by atoms with Crippen molar-refractivity contribution in [2.75, 3.05) is 52.8 Å². The molecule has 2 saturated heterocycles. The summed E-state index contributed by atoms with van der Waals surface area (Å²) in [5.74, 6) is -0.185. The van der Waals surface area contributed by atoms with Crippen LogP contribution in [0.2, 0.25) is 0 Å². The van der Waals surface area contributed by atoms with E-state index in [0.717, 1.165) is 39.1 Å². The molecule has 0 radical (unpaired) electrons. The molecule has 3 rings (SSSR count). The molecule has 25 heavy (non-hydrogen) atoms. The first-order valence-corrected chi connectivity index (χ1v) is 9.89. The lowest BCUT2D eigenvalue weighted by molar-refractivity contribution is 0.00154. The normalized spacial score (nSPS) is 19.9. The second-order valence-electron chi connectivity index (χ2n) is 6.36. The maximum absolute atomic E-state index is 14.4. The number of morpholine rings is 1. The molecular weight excluding hydrogens is 343 g/mol. The van der Waals surface area contributed by atoms with E-state index in [1.807, 2.05) is 6.26 Å². The first-order valence-electron chi connectivity index (χ1n) is 8.66. The fourth-order valence-corrected chi connectivity index (χ4v) is 4.13. The quantitative estimate of drug-likeness (QED) is 0.764. The summed E-state index contributed by atoms with van der Waals surface area (Å²) in [4.78, 5) is 17.7. The molecule has 5 nitrogen and oxygen atoms in total. The third-order valence-electron chi connectivity index (χ3n) is 5.02. The van der Waals surface area contributed by atoms with Crippen LogP contribution in [0.5, 0.6) is 5.75 Å². The van der Waals surface area contributed by atoms with E-state index in [9.17, 15) is 9.18 Å². The fourth-order valence-electron chi connectivity index (χ4n) is 3.57. The molecule has 1 aromatic carbocycles. The number of likely N-dealkylation sites (tertiary alicyclic amines) is 1. The van der Waals surface area contributed by atoms with Crippen LogP contribution in [-0.2, 0) is 4.74 Å².